The van der Waals surface area contributed by atoms with Crippen LogP contribution in [0.4, 0.5) is 13.2 Å². The van der Waals surface area contributed by atoms with Gasteiger partial charge in [0.05, 0.1) is 44.0 Å². The molecule has 15 heteroatoms. The molecule has 0 saturated heterocycles. The van der Waals surface area contributed by atoms with Crippen molar-refractivity contribution in [1.82, 2.24) is 15.7 Å². The molecule has 0 bridgehead atoms. The molecule has 1 heterocycles. The number of rotatable bonds is 8. The first-order valence-corrected chi connectivity index (χ1v) is 10.4. The number of alkyl halides is 3. The van der Waals surface area contributed by atoms with Crippen LogP contribution in [0.3, 0.4) is 0 Å². The average Bonchev–Trinajstić information content (AvgIpc) is 2.73. The monoisotopic (exact) mass is 488 g/mol. The fourth-order valence-corrected chi connectivity index (χ4v) is 2.75. The van der Waals surface area contributed by atoms with Gasteiger partial charge in [0.15, 0.2) is 0 Å². The Morgan fingerprint density at radius 2 is 1.97 bits per heavy atom. The molecule has 0 unspecified atom stereocenters. The summed E-state index contributed by atoms with van der Waals surface area (Å²) in [4.78, 5) is 49.0. The first-order valence-electron chi connectivity index (χ1n) is 8.90. The zero-order chi connectivity index (χ0) is 24.8. The highest BCUT2D eigenvalue weighted by atomic mass is 31.2. The molecule has 0 aliphatic heterocycles. The molecule has 0 radical (unpaired) electrons. The Hall–Kier alpha value is -3.32. The zero-order valence-electron chi connectivity index (χ0n) is 16.8. The molecule has 1 aromatic carbocycles. The molecular weight excluding hydrogens is 472 g/mol. The largest absolute Gasteiger partial charge is 0.790 e. The van der Waals surface area contributed by atoms with Crippen LogP contribution in [0, 0.1) is 6.92 Å². The first-order chi connectivity index (χ1) is 15.3. The predicted molar refractivity (Wildman–Crippen MR) is 103 cm³/mol. The van der Waals surface area contributed by atoms with E-state index in [2.05, 4.69) is 14.6 Å². The van der Waals surface area contributed by atoms with Crippen molar-refractivity contribution in [1.29, 1.82) is 0 Å². The van der Waals surface area contributed by atoms with Crippen molar-refractivity contribution in [2.75, 3.05) is 6.54 Å². The number of benzene rings is 1. The lowest BCUT2D eigenvalue weighted by molar-refractivity contribution is -0.342. The van der Waals surface area contributed by atoms with E-state index in [9.17, 15) is 42.2 Å². The number of phosphoric ester groups is 1. The molecule has 3 N–H and O–H groups in total. The van der Waals surface area contributed by atoms with Crippen molar-refractivity contribution in [2.24, 2.45) is 5.10 Å². The number of nitrogens with one attached hydrogen (secondary N) is 2. The molecule has 1 aromatic heterocycles. The summed E-state index contributed by atoms with van der Waals surface area (Å²) < 4.78 is 53.8. The second-order valence-corrected chi connectivity index (χ2v) is 7.52. The summed E-state index contributed by atoms with van der Waals surface area (Å²) in [5.74, 6) is -2.49. The minimum atomic E-state index is -5.31. The smallest absolute Gasteiger partial charge is 0.417 e. The maximum absolute atomic E-state index is 13.0. The molecule has 0 aliphatic rings. The standard InChI is InChI=1S/C18H18F3N4O7P/c1-10-16(27)13(11(6-22-10)9-32-33(29,30)31)7-24-25-15(26)8-23-17(28)12-4-2-3-5-14(12)18(19,20)21/h2-7,27H,8-9H2,1H3,(H,23,28)(H,25,26)(H2,29,30,31)/p-2/b24-7+. The number of phosphoric acid groups is 1. The Morgan fingerprint density at radius 1 is 1.30 bits per heavy atom. The van der Waals surface area contributed by atoms with Crippen molar-refractivity contribution >= 4 is 25.9 Å². The average molecular weight is 488 g/mol. The summed E-state index contributed by atoms with van der Waals surface area (Å²) >= 11 is 0. The van der Waals surface area contributed by atoms with E-state index in [0.29, 0.717) is 0 Å². The normalized spacial score (nSPS) is 12.1. The van der Waals surface area contributed by atoms with Crippen LogP contribution in [-0.2, 0) is 26.7 Å². The van der Waals surface area contributed by atoms with Crippen LogP contribution in [0.2, 0.25) is 0 Å². The number of halogens is 3. The first kappa shape index (κ1) is 25.9. The van der Waals surface area contributed by atoms with E-state index in [1.807, 2.05) is 10.7 Å². The number of amides is 2. The fourth-order valence-electron chi connectivity index (χ4n) is 2.45. The van der Waals surface area contributed by atoms with Gasteiger partial charge in [-0.15, -0.1) is 0 Å². The van der Waals surface area contributed by atoms with Crippen LogP contribution < -0.4 is 20.5 Å². The fraction of sp³-hybridized carbons (Fsp3) is 0.222. The summed E-state index contributed by atoms with van der Waals surface area (Å²) in [7, 11) is -5.31. The molecule has 2 aromatic rings. The maximum atomic E-state index is 13.0. The minimum absolute atomic E-state index is 0.0416. The van der Waals surface area contributed by atoms with E-state index < -0.39 is 55.8 Å². The van der Waals surface area contributed by atoms with E-state index >= 15 is 0 Å². The second kappa shape index (κ2) is 10.5. The number of hydrogen-bond acceptors (Lipinski definition) is 9. The number of aromatic nitrogens is 1. The van der Waals surface area contributed by atoms with Gasteiger partial charge >= 0.3 is 6.18 Å². The predicted octanol–water partition coefficient (Wildman–Crippen LogP) is 0.340. The van der Waals surface area contributed by atoms with Gasteiger partial charge in [-0.3, -0.25) is 14.6 Å². The highest BCUT2D eigenvalue weighted by Crippen LogP contribution is 2.32. The highest BCUT2D eigenvalue weighted by molar-refractivity contribution is 7.43. The van der Waals surface area contributed by atoms with Gasteiger partial charge in [0.25, 0.3) is 11.8 Å². The van der Waals surface area contributed by atoms with Crippen LogP contribution >= 0.6 is 7.82 Å². The second-order valence-electron chi connectivity index (χ2n) is 6.37. The molecule has 11 nitrogen and oxygen atoms in total. The van der Waals surface area contributed by atoms with Crippen LogP contribution in [0.15, 0.2) is 35.6 Å². The summed E-state index contributed by atoms with van der Waals surface area (Å²) in [6.45, 7) is -0.0688. The lowest BCUT2D eigenvalue weighted by Gasteiger charge is -2.28. The Labute approximate surface area is 184 Å². The van der Waals surface area contributed by atoms with Gasteiger partial charge in [0.2, 0.25) is 0 Å². The van der Waals surface area contributed by atoms with E-state index in [0.717, 1.165) is 30.6 Å². The summed E-state index contributed by atoms with van der Waals surface area (Å²) in [5, 5.41) is 15.6. The number of carbonyl (C=O) groups is 2. The highest BCUT2D eigenvalue weighted by Gasteiger charge is 2.34. The molecule has 0 aliphatic carbocycles. The summed E-state index contributed by atoms with van der Waals surface area (Å²) in [6.07, 6.45) is -2.74. The van der Waals surface area contributed by atoms with E-state index in [-0.39, 0.29) is 16.8 Å². The van der Waals surface area contributed by atoms with Crippen LogP contribution in [0.5, 0.6) is 5.75 Å². The van der Waals surface area contributed by atoms with Crippen molar-refractivity contribution in [3.05, 3.63) is 58.4 Å². The van der Waals surface area contributed by atoms with Crippen molar-refractivity contribution in [3.8, 4) is 5.75 Å². The molecule has 2 amide bonds. The topological polar surface area (TPSA) is 176 Å². The number of pyridine rings is 1. The van der Waals surface area contributed by atoms with Gasteiger partial charge in [0.1, 0.15) is 5.75 Å². The summed E-state index contributed by atoms with van der Waals surface area (Å²) in [5.41, 5.74) is 0.103. The third-order valence-electron chi connectivity index (χ3n) is 4.01. The van der Waals surface area contributed by atoms with Crippen molar-refractivity contribution < 1.29 is 46.7 Å². The molecule has 0 atom stereocenters. The SMILES string of the molecule is Cc1ncc(COP(=O)([O-])[O-])c(/C=N/NC(=O)CNC(=O)c2ccccc2C(F)(F)F)c1O. The van der Waals surface area contributed by atoms with Crippen LogP contribution in [0.25, 0.3) is 0 Å². The lowest BCUT2D eigenvalue weighted by Crippen LogP contribution is -2.35. The molecule has 0 saturated carbocycles. The number of hydrazone groups is 1. The van der Waals surface area contributed by atoms with Gasteiger partial charge in [0, 0.05) is 17.3 Å². The number of nitrogens with zero attached hydrogens (tertiary/aromatic N) is 2. The molecule has 33 heavy (non-hydrogen) atoms. The zero-order valence-corrected chi connectivity index (χ0v) is 17.6. The third kappa shape index (κ3) is 7.64. The van der Waals surface area contributed by atoms with Gasteiger partial charge < -0.3 is 29.3 Å². The maximum Gasteiger partial charge on any atom is 0.417 e. The van der Waals surface area contributed by atoms with Crippen molar-refractivity contribution in [2.45, 2.75) is 19.7 Å². The van der Waals surface area contributed by atoms with Gasteiger partial charge in [-0.1, -0.05) is 12.1 Å². The Bertz CT molecular complexity index is 1120. The lowest BCUT2D eigenvalue weighted by atomic mass is 10.1. The molecule has 178 valence electrons. The minimum Gasteiger partial charge on any atom is -0.790 e. The number of carbonyl (C=O) groups excluding carboxylic acids is 2. The van der Waals surface area contributed by atoms with E-state index in [4.69, 9.17) is 0 Å². The van der Waals surface area contributed by atoms with Crippen molar-refractivity contribution in [3.63, 3.8) is 0 Å². The Kier molecular flexibility index (Phi) is 8.28. The quantitative estimate of drug-likeness (QED) is 0.271. The van der Waals surface area contributed by atoms with E-state index in [1.54, 1.807) is 0 Å². The van der Waals surface area contributed by atoms with Gasteiger partial charge in [-0.2, -0.15) is 18.3 Å². The Balaban J connectivity index is 2.03. The van der Waals surface area contributed by atoms with Crippen LogP contribution in [0.1, 0.15) is 32.7 Å². The van der Waals surface area contributed by atoms with Gasteiger partial charge in [-0.25, -0.2) is 5.43 Å². The molecule has 2 rings (SSSR count). The van der Waals surface area contributed by atoms with E-state index in [1.165, 1.54) is 13.0 Å². The Morgan fingerprint density at radius 3 is 2.61 bits per heavy atom. The third-order valence-corrected chi connectivity index (χ3v) is 4.45. The molecule has 0 spiro atoms. The molecule has 0 fully saturated rings. The number of hydrogen-bond donors (Lipinski definition) is 3. The number of aryl methyl sites for hydroxylation is 1. The number of aromatic hydroxyl groups is 1. The van der Waals surface area contributed by atoms with Crippen LogP contribution in [-0.4, -0.2) is 34.7 Å². The molecular formula is C18H16F3N4O7P-2. The summed E-state index contributed by atoms with van der Waals surface area (Å²) in [6, 6.07) is 4.03. The van der Waals surface area contributed by atoms with Gasteiger partial charge in [-0.05, 0) is 19.1 Å².